The maximum Gasteiger partial charge on any atom is 0.262 e. The Hall–Kier alpha value is -1.05. The molecule has 0 saturated carbocycles. The first-order valence-corrected chi connectivity index (χ1v) is 8.88. The van der Waals surface area contributed by atoms with Gasteiger partial charge in [-0.2, -0.15) is 0 Å². The summed E-state index contributed by atoms with van der Waals surface area (Å²) in [5.41, 5.74) is -0.739. The van der Waals surface area contributed by atoms with Gasteiger partial charge in [-0.05, 0) is 23.0 Å². The van der Waals surface area contributed by atoms with Gasteiger partial charge in [0.25, 0.3) is 7.37 Å². The van der Waals surface area contributed by atoms with E-state index in [1.54, 1.807) is 0 Å². The second kappa shape index (κ2) is 5.00. The molecule has 0 radical (unpaired) electrons. The van der Waals surface area contributed by atoms with E-state index in [4.69, 9.17) is 4.52 Å². The largest absolute Gasteiger partial charge is 0.509 e. The molecule has 0 unspecified atom stereocenters. The summed E-state index contributed by atoms with van der Waals surface area (Å²) < 4.78 is 19.6. The molecule has 3 nitrogen and oxygen atoms in total. The standard InChI is InChI=1S/C17H25O3P/c1-16(2,3)14-13(18)15(17(4,5)6)21(19,20-14)12-10-8-7-9-11-12/h7-11,14,18H,1-6H3/t14-,21+/m1/s1. The van der Waals surface area contributed by atoms with E-state index >= 15 is 0 Å². The van der Waals surface area contributed by atoms with Crippen molar-refractivity contribution >= 4 is 12.7 Å². The van der Waals surface area contributed by atoms with Crippen molar-refractivity contribution in [3.05, 3.63) is 41.4 Å². The topological polar surface area (TPSA) is 46.5 Å². The van der Waals surface area contributed by atoms with Crippen LogP contribution in [0.25, 0.3) is 0 Å². The molecule has 1 aromatic carbocycles. The van der Waals surface area contributed by atoms with E-state index in [2.05, 4.69) is 0 Å². The molecule has 0 saturated heterocycles. The lowest BCUT2D eigenvalue weighted by Crippen LogP contribution is -2.28. The minimum atomic E-state index is -3.23. The maximum atomic E-state index is 13.6. The summed E-state index contributed by atoms with van der Waals surface area (Å²) in [5.74, 6) is 0.141. The van der Waals surface area contributed by atoms with Gasteiger partial charge >= 0.3 is 0 Å². The molecule has 1 N–H and O–H groups in total. The average Bonchev–Trinajstić information content (AvgIpc) is 2.63. The molecular weight excluding hydrogens is 283 g/mol. The van der Waals surface area contributed by atoms with Gasteiger partial charge in [0.05, 0.1) is 5.31 Å². The zero-order valence-corrected chi connectivity index (χ0v) is 14.6. The number of allylic oxidation sites excluding steroid dienone is 1. The van der Waals surface area contributed by atoms with Crippen LogP contribution in [-0.4, -0.2) is 11.2 Å². The van der Waals surface area contributed by atoms with Crippen molar-refractivity contribution in [2.75, 3.05) is 0 Å². The van der Waals surface area contributed by atoms with Crippen LogP contribution in [-0.2, 0) is 9.09 Å². The van der Waals surface area contributed by atoms with Crippen molar-refractivity contribution < 1.29 is 14.2 Å². The van der Waals surface area contributed by atoms with Crippen molar-refractivity contribution in [3.8, 4) is 0 Å². The molecule has 1 aliphatic heterocycles. The molecule has 0 spiro atoms. The van der Waals surface area contributed by atoms with Gasteiger partial charge in [0, 0.05) is 5.30 Å². The minimum Gasteiger partial charge on any atom is -0.509 e. The fraction of sp³-hybridized carbons (Fsp3) is 0.529. The van der Waals surface area contributed by atoms with Gasteiger partial charge in [-0.1, -0.05) is 59.7 Å². The van der Waals surface area contributed by atoms with Crippen molar-refractivity contribution in [3.63, 3.8) is 0 Å². The highest BCUT2D eigenvalue weighted by Gasteiger charge is 2.52. The summed E-state index contributed by atoms with van der Waals surface area (Å²) in [6.07, 6.45) is -0.544. The molecule has 1 heterocycles. The van der Waals surface area contributed by atoms with E-state index in [0.717, 1.165) is 0 Å². The molecule has 0 fully saturated rings. The summed E-state index contributed by atoms with van der Waals surface area (Å²) in [5, 5.41) is 11.9. The third kappa shape index (κ3) is 2.82. The van der Waals surface area contributed by atoms with Crippen LogP contribution in [0, 0.1) is 10.8 Å². The smallest absolute Gasteiger partial charge is 0.262 e. The highest BCUT2D eigenvalue weighted by molar-refractivity contribution is 7.71. The fourth-order valence-electron chi connectivity index (χ4n) is 2.73. The lowest BCUT2D eigenvalue weighted by molar-refractivity contribution is 0.0949. The van der Waals surface area contributed by atoms with Gasteiger partial charge < -0.3 is 9.63 Å². The Balaban J connectivity index is 2.66. The summed E-state index contributed by atoms with van der Waals surface area (Å²) in [6, 6.07) is 9.20. The lowest BCUT2D eigenvalue weighted by Gasteiger charge is -2.27. The molecule has 4 heteroatoms. The molecule has 116 valence electrons. The maximum absolute atomic E-state index is 13.6. The van der Waals surface area contributed by atoms with Crippen molar-refractivity contribution in [2.24, 2.45) is 10.8 Å². The van der Waals surface area contributed by atoms with E-state index < -0.39 is 18.9 Å². The minimum absolute atomic E-state index is 0.141. The number of aliphatic hydroxyl groups excluding tert-OH is 1. The zero-order chi connectivity index (χ0) is 16.1. The van der Waals surface area contributed by atoms with Gasteiger partial charge in [-0.15, -0.1) is 0 Å². The van der Waals surface area contributed by atoms with Crippen LogP contribution in [0.5, 0.6) is 0 Å². The molecule has 2 rings (SSSR count). The molecule has 1 aromatic rings. The van der Waals surface area contributed by atoms with Gasteiger partial charge in [0.15, 0.2) is 0 Å². The Bertz CT molecular complexity index is 603. The van der Waals surface area contributed by atoms with Crippen LogP contribution < -0.4 is 5.30 Å². The molecule has 0 aliphatic carbocycles. The molecule has 0 amide bonds. The van der Waals surface area contributed by atoms with Gasteiger partial charge in [0.1, 0.15) is 11.9 Å². The van der Waals surface area contributed by atoms with Gasteiger partial charge in [-0.25, -0.2) is 0 Å². The number of hydrogen-bond acceptors (Lipinski definition) is 3. The fourth-order valence-corrected chi connectivity index (χ4v) is 5.80. The summed E-state index contributed by atoms with van der Waals surface area (Å²) >= 11 is 0. The Morgan fingerprint density at radius 1 is 1.05 bits per heavy atom. The number of rotatable bonds is 1. The molecular formula is C17H25O3P. The predicted octanol–water partition coefficient (Wildman–Crippen LogP) is 4.85. The number of hydrogen-bond donors (Lipinski definition) is 1. The Morgan fingerprint density at radius 2 is 1.57 bits per heavy atom. The van der Waals surface area contributed by atoms with Crippen LogP contribution in [0.1, 0.15) is 41.5 Å². The lowest BCUT2D eigenvalue weighted by atomic mass is 9.85. The SMILES string of the molecule is CC(C)(C)C1=C(O)[C@H](C(C)(C)C)O[P@@]1(=O)c1ccccc1. The third-order valence-electron chi connectivity index (χ3n) is 3.63. The highest BCUT2D eigenvalue weighted by atomic mass is 31.2. The van der Waals surface area contributed by atoms with Crippen LogP contribution in [0.4, 0.5) is 0 Å². The Morgan fingerprint density at radius 3 is 2.00 bits per heavy atom. The van der Waals surface area contributed by atoms with Crippen molar-refractivity contribution in [1.82, 2.24) is 0 Å². The van der Waals surface area contributed by atoms with E-state index in [1.165, 1.54) is 0 Å². The first-order valence-electron chi connectivity index (χ1n) is 7.26. The first kappa shape index (κ1) is 16.3. The van der Waals surface area contributed by atoms with Crippen molar-refractivity contribution in [1.29, 1.82) is 0 Å². The second-order valence-electron chi connectivity index (χ2n) is 7.72. The molecule has 2 atom stereocenters. The number of benzene rings is 1. The summed E-state index contributed by atoms with van der Waals surface area (Å²) in [4.78, 5) is 0. The van der Waals surface area contributed by atoms with E-state index in [-0.39, 0.29) is 11.2 Å². The molecule has 1 aliphatic rings. The Kier molecular flexibility index (Phi) is 3.89. The first-order chi connectivity index (χ1) is 9.48. The number of aliphatic hydroxyl groups is 1. The summed E-state index contributed by atoms with van der Waals surface area (Å²) in [7, 11) is -3.23. The van der Waals surface area contributed by atoms with Gasteiger partial charge in [-0.3, -0.25) is 4.57 Å². The second-order valence-corrected chi connectivity index (χ2v) is 10.00. The average molecular weight is 308 g/mol. The predicted molar refractivity (Wildman–Crippen MR) is 87.1 cm³/mol. The zero-order valence-electron chi connectivity index (χ0n) is 13.7. The summed E-state index contributed by atoms with van der Waals surface area (Å²) in [6.45, 7) is 11.8. The monoisotopic (exact) mass is 308 g/mol. The Labute approximate surface area is 127 Å². The normalized spacial score (nSPS) is 27.2. The molecule has 0 bridgehead atoms. The molecule has 21 heavy (non-hydrogen) atoms. The van der Waals surface area contributed by atoms with E-state index in [0.29, 0.717) is 10.6 Å². The van der Waals surface area contributed by atoms with E-state index in [9.17, 15) is 9.67 Å². The highest BCUT2D eigenvalue weighted by Crippen LogP contribution is 2.67. The van der Waals surface area contributed by atoms with Crippen LogP contribution in [0.15, 0.2) is 41.4 Å². The van der Waals surface area contributed by atoms with Crippen LogP contribution in [0.3, 0.4) is 0 Å². The van der Waals surface area contributed by atoms with Crippen LogP contribution >= 0.6 is 7.37 Å². The quantitative estimate of drug-likeness (QED) is 0.754. The van der Waals surface area contributed by atoms with Crippen molar-refractivity contribution in [2.45, 2.75) is 47.6 Å². The third-order valence-corrected chi connectivity index (χ3v) is 6.61. The van der Waals surface area contributed by atoms with Crippen LogP contribution in [0.2, 0.25) is 0 Å². The van der Waals surface area contributed by atoms with E-state index in [1.807, 2.05) is 71.9 Å². The molecule has 0 aromatic heterocycles. The van der Waals surface area contributed by atoms with Gasteiger partial charge in [0.2, 0.25) is 0 Å².